The lowest BCUT2D eigenvalue weighted by atomic mass is 10.2. The summed E-state index contributed by atoms with van der Waals surface area (Å²) < 4.78 is 69.0. The van der Waals surface area contributed by atoms with E-state index in [2.05, 4.69) is 6.07 Å². The highest BCUT2D eigenvalue weighted by Crippen LogP contribution is 2.41. The molecule has 3 aromatic rings. The second-order valence-electron chi connectivity index (χ2n) is 5.33. The van der Waals surface area contributed by atoms with Crippen LogP contribution < -0.4 is 0 Å². The van der Waals surface area contributed by atoms with E-state index in [4.69, 9.17) is 5.26 Å². The third-order valence-electron chi connectivity index (χ3n) is 3.52. The van der Waals surface area contributed by atoms with Gasteiger partial charge >= 0.3 is 0 Å². The molecule has 0 N–H and O–H groups in total. The number of thioether (sulfide) groups is 2. The minimum absolute atomic E-state index is 0.370. The highest BCUT2D eigenvalue weighted by molar-refractivity contribution is 8.01. The standard InChI is InChI=1S/C18H10F5NS4/c19-14-9(15(20)17(22)18(23)16(14)21)8-26-13-5-3-11(28-13)10-2-4-12(27-10)25-7-1-6-24/h2-5H,1,7-8H2. The van der Waals surface area contributed by atoms with Crippen LogP contribution in [0, 0.1) is 40.4 Å². The molecule has 0 bridgehead atoms. The molecule has 10 heteroatoms. The normalized spacial score (nSPS) is 11.0. The van der Waals surface area contributed by atoms with E-state index in [-0.39, 0.29) is 5.75 Å². The van der Waals surface area contributed by atoms with E-state index < -0.39 is 34.6 Å². The van der Waals surface area contributed by atoms with Crippen molar-refractivity contribution in [3.8, 4) is 15.8 Å². The molecule has 0 saturated heterocycles. The van der Waals surface area contributed by atoms with Gasteiger partial charge in [-0.1, -0.05) is 0 Å². The second kappa shape index (κ2) is 9.31. The van der Waals surface area contributed by atoms with Gasteiger partial charge in [-0.25, -0.2) is 22.0 Å². The first-order chi connectivity index (χ1) is 13.4. The molecule has 0 radical (unpaired) electrons. The molecule has 146 valence electrons. The maximum atomic E-state index is 13.8. The van der Waals surface area contributed by atoms with E-state index in [1.165, 1.54) is 11.3 Å². The molecule has 2 aromatic heterocycles. The zero-order chi connectivity index (χ0) is 20.3. The van der Waals surface area contributed by atoms with Crippen molar-refractivity contribution in [1.82, 2.24) is 0 Å². The van der Waals surface area contributed by atoms with Gasteiger partial charge in [0, 0.05) is 33.2 Å². The molecular weight excluding hydrogens is 453 g/mol. The third-order valence-corrected chi connectivity index (χ3v) is 8.37. The van der Waals surface area contributed by atoms with Gasteiger partial charge in [0.2, 0.25) is 5.82 Å². The zero-order valence-corrected chi connectivity index (χ0v) is 17.2. The van der Waals surface area contributed by atoms with Crippen molar-refractivity contribution in [1.29, 1.82) is 5.26 Å². The molecular formula is C18H10F5NS4. The number of nitrogens with zero attached hydrogens (tertiary/aromatic N) is 1. The number of rotatable bonds is 7. The Labute approximate surface area is 174 Å². The Bertz CT molecular complexity index is 1010. The SMILES string of the molecule is N#CCCSc1ccc(-c2ccc(SCc3c(F)c(F)c(F)c(F)c3F)s2)s1. The molecule has 0 aliphatic heterocycles. The number of benzene rings is 1. The summed E-state index contributed by atoms with van der Waals surface area (Å²) in [7, 11) is 0. The van der Waals surface area contributed by atoms with Gasteiger partial charge in [0.1, 0.15) is 0 Å². The number of hydrogen-bond donors (Lipinski definition) is 0. The smallest absolute Gasteiger partial charge is 0.200 e. The number of thiophene rings is 2. The molecule has 2 heterocycles. The monoisotopic (exact) mass is 463 g/mol. The van der Waals surface area contributed by atoms with E-state index in [0.717, 1.165) is 25.7 Å². The van der Waals surface area contributed by atoms with Crippen LogP contribution in [-0.4, -0.2) is 5.75 Å². The lowest BCUT2D eigenvalue weighted by Gasteiger charge is -2.07. The molecule has 0 saturated carbocycles. The first-order valence-corrected chi connectivity index (χ1v) is 11.4. The fourth-order valence-electron chi connectivity index (χ4n) is 2.18. The van der Waals surface area contributed by atoms with Gasteiger partial charge in [-0.2, -0.15) is 5.26 Å². The summed E-state index contributed by atoms with van der Waals surface area (Å²) in [6.07, 6.45) is 0.468. The van der Waals surface area contributed by atoms with Crippen LogP contribution in [0.5, 0.6) is 0 Å². The van der Waals surface area contributed by atoms with Crippen LogP contribution in [0.25, 0.3) is 9.75 Å². The van der Waals surface area contributed by atoms with Gasteiger partial charge in [-0.15, -0.1) is 46.2 Å². The summed E-state index contributed by atoms with van der Waals surface area (Å²) in [5.74, 6) is -9.25. The molecule has 0 unspecified atom stereocenters. The van der Waals surface area contributed by atoms with Crippen LogP contribution in [-0.2, 0) is 5.75 Å². The Morgan fingerprint density at radius 1 is 0.750 bits per heavy atom. The van der Waals surface area contributed by atoms with E-state index in [0.29, 0.717) is 16.4 Å². The average molecular weight is 464 g/mol. The van der Waals surface area contributed by atoms with Gasteiger partial charge < -0.3 is 0 Å². The minimum Gasteiger partial charge on any atom is -0.203 e. The Morgan fingerprint density at radius 2 is 1.25 bits per heavy atom. The predicted molar refractivity (Wildman–Crippen MR) is 104 cm³/mol. The molecule has 28 heavy (non-hydrogen) atoms. The van der Waals surface area contributed by atoms with Crippen LogP contribution in [0.4, 0.5) is 22.0 Å². The summed E-state index contributed by atoms with van der Waals surface area (Å²) in [5.41, 5.74) is -0.830. The van der Waals surface area contributed by atoms with Gasteiger partial charge in [0.25, 0.3) is 0 Å². The Kier molecular flexibility index (Phi) is 7.04. The fraction of sp³-hybridized carbons (Fsp3) is 0.167. The first kappa shape index (κ1) is 21.2. The van der Waals surface area contributed by atoms with Crippen LogP contribution in [0.15, 0.2) is 32.7 Å². The van der Waals surface area contributed by atoms with Crippen LogP contribution in [0.2, 0.25) is 0 Å². The predicted octanol–water partition coefficient (Wildman–Crippen LogP) is 7.47. The maximum Gasteiger partial charge on any atom is 0.200 e. The lowest BCUT2D eigenvalue weighted by molar-refractivity contribution is 0.372. The molecule has 0 atom stereocenters. The largest absolute Gasteiger partial charge is 0.203 e. The van der Waals surface area contributed by atoms with Gasteiger partial charge in [0.05, 0.1) is 14.5 Å². The summed E-state index contributed by atoms with van der Waals surface area (Å²) in [5, 5.41) is 8.57. The molecule has 0 spiro atoms. The maximum absolute atomic E-state index is 13.8. The topological polar surface area (TPSA) is 23.8 Å². The van der Waals surface area contributed by atoms with Crippen LogP contribution in [0.1, 0.15) is 12.0 Å². The highest BCUT2D eigenvalue weighted by atomic mass is 32.2. The van der Waals surface area contributed by atoms with Gasteiger partial charge in [-0.3, -0.25) is 0 Å². The quantitative estimate of drug-likeness (QED) is 0.119. The van der Waals surface area contributed by atoms with Crippen LogP contribution in [0.3, 0.4) is 0 Å². The van der Waals surface area contributed by atoms with Gasteiger partial charge in [-0.05, 0) is 24.3 Å². The van der Waals surface area contributed by atoms with E-state index in [1.807, 2.05) is 18.2 Å². The first-order valence-electron chi connectivity index (χ1n) is 7.75. The second-order valence-corrected chi connectivity index (χ2v) is 10.2. The summed E-state index contributed by atoms with van der Waals surface area (Å²) in [6, 6.07) is 9.59. The van der Waals surface area contributed by atoms with Crippen molar-refractivity contribution in [2.75, 3.05) is 5.75 Å². The highest BCUT2D eigenvalue weighted by Gasteiger charge is 2.25. The number of nitriles is 1. The molecule has 0 amide bonds. The van der Waals surface area contributed by atoms with Crippen molar-refractivity contribution in [3.05, 3.63) is 58.9 Å². The van der Waals surface area contributed by atoms with Crippen molar-refractivity contribution in [2.45, 2.75) is 20.6 Å². The summed E-state index contributed by atoms with van der Waals surface area (Å²) >= 11 is 5.55. The zero-order valence-electron chi connectivity index (χ0n) is 13.9. The van der Waals surface area contributed by atoms with Crippen molar-refractivity contribution >= 4 is 46.2 Å². The van der Waals surface area contributed by atoms with Crippen LogP contribution >= 0.6 is 46.2 Å². The summed E-state index contributed by atoms with van der Waals surface area (Å²) in [6.45, 7) is 0. The molecule has 1 aromatic carbocycles. The van der Waals surface area contributed by atoms with E-state index >= 15 is 0 Å². The third kappa shape index (κ3) is 4.54. The average Bonchev–Trinajstić information content (AvgIpc) is 3.34. The molecule has 0 fully saturated rings. The lowest BCUT2D eigenvalue weighted by Crippen LogP contribution is -2.06. The molecule has 0 aliphatic carbocycles. The number of halogens is 5. The fourth-order valence-corrected chi connectivity index (χ4v) is 6.44. The Hall–Kier alpha value is -1.54. The van der Waals surface area contributed by atoms with Crippen molar-refractivity contribution in [3.63, 3.8) is 0 Å². The van der Waals surface area contributed by atoms with Crippen molar-refractivity contribution in [2.24, 2.45) is 0 Å². The Balaban J connectivity index is 1.70. The van der Waals surface area contributed by atoms with Crippen molar-refractivity contribution < 1.29 is 22.0 Å². The minimum atomic E-state index is -2.15. The number of hydrogen-bond acceptors (Lipinski definition) is 5. The van der Waals surface area contributed by atoms with E-state index in [9.17, 15) is 22.0 Å². The summed E-state index contributed by atoms with van der Waals surface area (Å²) in [4.78, 5) is 1.95. The molecule has 0 aliphatic rings. The van der Waals surface area contributed by atoms with E-state index in [1.54, 1.807) is 29.2 Å². The Morgan fingerprint density at radius 3 is 1.79 bits per heavy atom. The molecule has 1 nitrogen and oxygen atoms in total. The van der Waals surface area contributed by atoms with Gasteiger partial charge in [0.15, 0.2) is 23.3 Å². The molecule has 3 rings (SSSR count).